The van der Waals surface area contributed by atoms with Gasteiger partial charge in [0.1, 0.15) is 6.10 Å². The Labute approximate surface area is 323 Å². The molecule has 52 heavy (non-hydrogen) atoms. The number of nitrogens with one attached hydrogen (secondary N) is 1. The van der Waals surface area contributed by atoms with Gasteiger partial charge in [-0.1, -0.05) is 200 Å². The fourth-order valence-electron chi connectivity index (χ4n) is 7.06. The number of rotatable bonds is 41. The number of ether oxygens (including phenoxy) is 1. The SMILES string of the molecule is CCCC/C=C\CCCCCC(CC(=O)NC(CO)C(O)CCCCCCCCCCCCCCCC)OC(=O)CCCCCCCCCCCC. The predicted molar refractivity (Wildman–Crippen MR) is 223 cm³/mol. The number of amides is 1. The van der Waals surface area contributed by atoms with Crippen molar-refractivity contribution in [2.75, 3.05) is 6.61 Å². The Hall–Kier alpha value is -1.40. The van der Waals surface area contributed by atoms with Crippen LogP contribution in [-0.4, -0.2) is 46.9 Å². The summed E-state index contributed by atoms with van der Waals surface area (Å²) in [6, 6.07) is -0.697. The van der Waals surface area contributed by atoms with Gasteiger partial charge in [0, 0.05) is 6.42 Å². The van der Waals surface area contributed by atoms with Gasteiger partial charge in [-0.05, 0) is 44.9 Å². The number of aliphatic hydroxyl groups excluding tert-OH is 2. The number of aliphatic hydroxyl groups is 2. The molecule has 0 bridgehead atoms. The zero-order valence-corrected chi connectivity index (χ0v) is 35.0. The molecule has 3 atom stereocenters. The van der Waals surface area contributed by atoms with E-state index < -0.39 is 18.2 Å². The molecule has 0 saturated heterocycles. The fraction of sp³-hybridized carbons (Fsp3) is 0.913. The molecule has 0 saturated carbocycles. The zero-order valence-electron chi connectivity index (χ0n) is 35.0. The molecule has 0 aromatic carbocycles. The summed E-state index contributed by atoms with van der Waals surface area (Å²) in [5, 5.41) is 23.6. The quantitative estimate of drug-likeness (QED) is 0.0330. The van der Waals surface area contributed by atoms with Crippen molar-refractivity contribution < 1.29 is 24.5 Å². The Bertz CT molecular complexity index is 787. The number of esters is 1. The van der Waals surface area contributed by atoms with Crippen LogP contribution in [0.5, 0.6) is 0 Å². The smallest absolute Gasteiger partial charge is 0.306 e. The van der Waals surface area contributed by atoms with E-state index in [1.807, 2.05) is 0 Å². The van der Waals surface area contributed by atoms with Gasteiger partial charge < -0.3 is 20.3 Å². The van der Waals surface area contributed by atoms with E-state index in [0.29, 0.717) is 19.3 Å². The third-order valence-corrected chi connectivity index (χ3v) is 10.6. The summed E-state index contributed by atoms with van der Waals surface area (Å²) in [5.74, 6) is -0.484. The highest BCUT2D eigenvalue weighted by molar-refractivity contribution is 5.77. The Morgan fingerprint density at radius 2 is 0.942 bits per heavy atom. The minimum Gasteiger partial charge on any atom is -0.462 e. The first-order valence-electron chi connectivity index (χ1n) is 22.9. The van der Waals surface area contributed by atoms with Gasteiger partial charge in [-0.25, -0.2) is 0 Å². The van der Waals surface area contributed by atoms with E-state index in [1.165, 1.54) is 135 Å². The molecular weight excluding hydrogens is 647 g/mol. The molecule has 0 aliphatic rings. The molecule has 0 radical (unpaired) electrons. The molecule has 0 heterocycles. The summed E-state index contributed by atoms with van der Waals surface area (Å²) in [6.45, 7) is 6.42. The number of hydrogen-bond donors (Lipinski definition) is 3. The lowest BCUT2D eigenvalue weighted by Gasteiger charge is -2.24. The van der Waals surface area contributed by atoms with Gasteiger partial charge in [-0.2, -0.15) is 0 Å². The van der Waals surface area contributed by atoms with Crippen molar-refractivity contribution in [3.05, 3.63) is 12.2 Å². The van der Waals surface area contributed by atoms with E-state index in [2.05, 4.69) is 38.2 Å². The summed E-state index contributed by atoms with van der Waals surface area (Å²) in [5.41, 5.74) is 0. The lowest BCUT2D eigenvalue weighted by molar-refractivity contribution is -0.151. The van der Waals surface area contributed by atoms with Crippen molar-refractivity contribution in [2.45, 2.75) is 264 Å². The largest absolute Gasteiger partial charge is 0.462 e. The third-order valence-electron chi connectivity index (χ3n) is 10.6. The topological polar surface area (TPSA) is 95.9 Å². The van der Waals surface area contributed by atoms with Crippen LogP contribution in [0.4, 0.5) is 0 Å². The van der Waals surface area contributed by atoms with Crippen LogP contribution in [0.2, 0.25) is 0 Å². The highest BCUT2D eigenvalue weighted by atomic mass is 16.5. The highest BCUT2D eigenvalue weighted by Gasteiger charge is 2.24. The molecule has 0 spiro atoms. The molecule has 0 fully saturated rings. The van der Waals surface area contributed by atoms with Crippen molar-refractivity contribution in [3.8, 4) is 0 Å². The number of allylic oxidation sites excluding steroid dienone is 2. The van der Waals surface area contributed by atoms with Crippen LogP contribution in [0.15, 0.2) is 12.2 Å². The Morgan fingerprint density at radius 1 is 0.538 bits per heavy atom. The number of unbranched alkanes of at least 4 members (excludes halogenated alkanes) is 27. The lowest BCUT2D eigenvalue weighted by Crippen LogP contribution is -2.46. The van der Waals surface area contributed by atoms with Crippen LogP contribution < -0.4 is 5.32 Å². The van der Waals surface area contributed by atoms with Crippen LogP contribution in [0.1, 0.15) is 245 Å². The van der Waals surface area contributed by atoms with Gasteiger partial charge in [0.05, 0.1) is 25.2 Å². The van der Waals surface area contributed by atoms with Crippen molar-refractivity contribution in [1.82, 2.24) is 5.32 Å². The summed E-state index contributed by atoms with van der Waals surface area (Å²) < 4.78 is 5.87. The van der Waals surface area contributed by atoms with E-state index >= 15 is 0 Å². The first kappa shape index (κ1) is 50.6. The molecule has 6 nitrogen and oxygen atoms in total. The monoisotopic (exact) mass is 736 g/mol. The summed E-state index contributed by atoms with van der Waals surface area (Å²) in [4.78, 5) is 25.9. The Morgan fingerprint density at radius 3 is 1.42 bits per heavy atom. The van der Waals surface area contributed by atoms with E-state index in [-0.39, 0.29) is 24.9 Å². The third kappa shape index (κ3) is 35.6. The molecule has 0 aliphatic heterocycles. The molecule has 6 heteroatoms. The minimum absolute atomic E-state index is 0.0722. The minimum atomic E-state index is -0.783. The number of carbonyl (C=O) groups is 2. The number of carbonyl (C=O) groups excluding carboxylic acids is 2. The van der Waals surface area contributed by atoms with Crippen LogP contribution in [-0.2, 0) is 14.3 Å². The van der Waals surface area contributed by atoms with Crippen LogP contribution >= 0.6 is 0 Å². The predicted octanol–water partition coefficient (Wildman–Crippen LogP) is 13.0. The van der Waals surface area contributed by atoms with Gasteiger partial charge in [-0.3, -0.25) is 9.59 Å². The molecule has 0 aromatic heterocycles. The zero-order chi connectivity index (χ0) is 38.2. The molecule has 0 aromatic rings. The summed E-state index contributed by atoms with van der Waals surface area (Å²) in [6.07, 6.45) is 42.7. The summed E-state index contributed by atoms with van der Waals surface area (Å²) >= 11 is 0. The van der Waals surface area contributed by atoms with Crippen LogP contribution in [0.25, 0.3) is 0 Å². The fourth-order valence-corrected chi connectivity index (χ4v) is 7.06. The van der Waals surface area contributed by atoms with Crippen LogP contribution in [0, 0.1) is 0 Å². The van der Waals surface area contributed by atoms with Gasteiger partial charge >= 0.3 is 5.97 Å². The standard InChI is InChI=1S/C46H89NO5/c1-4-7-10-13-16-19-21-22-23-24-26-29-32-35-38-44(49)43(41-48)47-45(50)40-42(37-34-31-28-25-18-15-12-9-6-3)52-46(51)39-36-33-30-27-20-17-14-11-8-5-2/h15,18,42-44,48-49H,4-14,16-17,19-41H2,1-3H3,(H,47,50)/b18-15-. The second-order valence-electron chi connectivity index (χ2n) is 15.8. The van der Waals surface area contributed by atoms with Crippen molar-refractivity contribution in [2.24, 2.45) is 0 Å². The van der Waals surface area contributed by atoms with Crippen molar-refractivity contribution >= 4 is 11.9 Å². The number of hydrogen-bond acceptors (Lipinski definition) is 5. The molecule has 0 aliphatic carbocycles. The van der Waals surface area contributed by atoms with Crippen molar-refractivity contribution in [3.63, 3.8) is 0 Å². The second kappa shape index (κ2) is 40.8. The highest BCUT2D eigenvalue weighted by Crippen LogP contribution is 2.17. The van der Waals surface area contributed by atoms with Gasteiger partial charge in [0.2, 0.25) is 5.91 Å². The molecule has 308 valence electrons. The normalized spacial score (nSPS) is 13.4. The first-order chi connectivity index (χ1) is 25.5. The van der Waals surface area contributed by atoms with Gasteiger partial charge in [-0.15, -0.1) is 0 Å². The maximum absolute atomic E-state index is 13.1. The molecule has 0 rings (SSSR count). The van der Waals surface area contributed by atoms with Gasteiger partial charge in [0.25, 0.3) is 0 Å². The Balaban J connectivity index is 4.48. The first-order valence-corrected chi connectivity index (χ1v) is 22.9. The molecule has 3 unspecified atom stereocenters. The lowest BCUT2D eigenvalue weighted by atomic mass is 10.0. The van der Waals surface area contributed by atoms with Gasteiger partial charge in [0.15, 0.2) is 0 Å². The van der Waals surface area contributed by atoms with E-state index in [1.54, 1.807) is 0 Å². The molecule has 1 amide bonds. The van der Waals surface area contributed by atoms with Crippen molar-refractivity contribution in [1.29, 1.82) is 0 Å². The average molecular weight is 736 g/mol. The van der Waals surface area contributed by atoms with Crippen LogP contribution in [0.3, 0.4) is 0 Å². The summed E-state index contributed by atoms with van der Waals surface area (Å²) in [7, 11) is 0. The maximum Gasteiger partial charge on any atom is 0.306 e. The van der Waals surface area contributed by atoms with E-state index in [9.17, 15) is 19.8 Å². The van der Waals surface area contributed by atoms with E-state index in [0.717, 1.165) is 64.2 Å². The average Bonchev–Trinajstić information content (AvgIpc) is 3.13. The molecule has 3 N–H and O–H groups in total. The second-order valence-corrected chi connectivity index (χ2v) is 15.8. The maximum atomic E-state index is 13.1. The molecular formula is C46H89NO5. The Kier molecular flexibility index (Phi) is 39.7. The van der Waals surface area contributed by atoms with E-state index in [4.69, 9.17) is 4.74 Å².